The molecule has 1 aromatic carbocycles. The molecule has 92 valence electrons. The fraction of sp³-hybridized carbons (Fsp3) is 0.385. The molecule has 0 bridgehead atoms. The van der Waals surface area contributed by atoms with Crippen LogP contribution in [0, 0.1) is 13.8 Å². The molecule has 17 heavy (non-hydrogen) atoms. The maximum absolute atomic E-state index is 11.7. The Hall–Kier alpha value is -1.84. The maximum Gasteiger partial charge on any atom is 0.303 e. The first-order valence-corrected chi connectivity index (χ1v) is 5.47. The third-order valence-electron chi connectivity index (χ3n) is 2.52. The van der Waals surface area contributed by atoms with Crippen molar-refractivity contribution in [1.82, 2.24) is 0 Å². The van der Waals surface area contributed by atoms with E-state index in [4.69, 9.17) is 5.11 Å². The molecule has 0 aliphatic rings. The van der Waals surface area contributed by atoms with E-state index in [-0.39, 0.29) is 18.7 Å². The normalized spacial score (nSPS) is 10.1. The summed E-state index contributed by atoms with van der Waals surface area (Å²) in [5.41, 5.74) is 2.97. The van der Waals surface area contributed by atoms with Crippen molar-refractivity contribution >= 4 is 17.6 Å². The minimum atomic E-state index is -0.952. The van der Waals surface area contributed by atoms with Crippen molar-refractivity contribution in [3.8, 4) is 0 Å². The van der Waals surface area contributed by atoms with Gasteiger partial charge < -0.3 is 10.0 Å². The average molecular weight is 235 g/mol. The largest absolute Gasteiger partial charge is 0.481 e. The molecular formula is C13H17NO3. The molecule has 0 aromatic heterocycles. The number of aryl methyl sites for hydroxylation is 2. The molecule has 0 radical (unpaired) electrons. The van der Waals surface area contributed by atoms with E-state index in [1.54, 1.807) is 7.05 Å². The Bertz CT molecular complexity index is 420. The number of hydrogen-bond donors (Lipinski definition) is 1. The highest BCUT2D eigenvalue weighted by molar-refractivity contribution is 5.94. The molecule has 1 rings (SSSR count). The van der Waals surface area contributed by atoms with Crippen molar-refractivity contribution in [3.63, 3.8) is 0 Å². The number of nitrogens with zero attached hydrogens (tertiary/aromatic N) is 1. The lowest BCUT2D eigenvalue weighted by molar-refractivity contribution is -0.138. The van der Waals surface area contributed by atoms with Crippen LogP contribution in [-0.2, 0) is 9.59 Å². The van der Waals surface area contributed by atoms with Crippen molar-refractivity contribution in [3.05, 3.63) is 29.3 Å². The number of amides is 1. The molecule has 1 amide bonds. The van der Waals surface area contributed by atoms with E-state index in [9.17, 15) is 9.59 Å². The fourth-order valence-electron chi connectivity index (χ4n) is 1.67. The summed E-state index contributed by atoms with van der Waals surface area (Å²) in [6.07, 6.45) is -0.104. The van der Waals surface area contributed by atoms with Crippen LogP contribution in [0.4, 0.5) is 5.69 Å². The number of benzene rings is 1. The number of carboxylic acid groups (broad SMARTS) is 1. The van der Waals surface area contributed by atoms with E-state index in [0.29, 0.717) is 0 Å². The Morgan fingerprint density at radius 2 is 1.65 bits per heavy atom. The number of carbonyl (C=O) groups is 2. The summed E-state index contributed by atoms with van der Waals surface area (Å²) < 4.78 is 0. The number of aliphatic carboxylic acids is 1. The summed E-state index contributed by atoms with van der Waals surface area (Å²) >= 11 is 0. The SMILES string of the molecule is Cc1cc(C)cc(N(C)C(=O)CCC(=O)O)c1. The molecule has 4 nitrogen and oxygen atoms in total. The van der Waals surface area contributed by atoms with E-state index >= 15 is 0 Å². The van der Waals surface area contributed by atoms with Crippen molar-refractivity contribution in [2.24, 2.45) is 0 Å². The molecule has 0 spiro atoms. The van der Waals surface area contributed by atoms with Crippen molar-refractivity contribution in [2.75, 3.05) is 11.9 Å². The van der Waals surface area contributed by atoms with E-state index in [2.05, 4.69) is 0 Å². The maximum atomic E-state index is 11.7. The second-order valence-corrected chi connectivity index (χ2v) is 4.19. The first kappa shape index (κ1) is 13.2. The van der Waals surface area contributed by atoms with Gasteiger partial charge in [-0.2, -0.15) is 0 Å². The Balaban J connectivity index is 2.77. The Kier molecular flexibility index (Phi) is 4.26. The second kappa shape index (κ2) is 5.48. The van der Waals surface area contributed by atoms with Gasteiger partial charge in [-0.25, -0.2) is 0 Å². The molecule has 1 N–H and O–H groups in total. The number of anilines is 1. The minimum Gasteiger partial charge on any atom is -0.481 e. The predicted octanol–water partition coefficient (Wildman–Crippen LogP) is 2.13. The topological polar surface area (TPSA) is 57.6 Å². The van der Waals surface area contributed by atoms with E-state index in [1.807, 2.05) is 32.0 Å². The lowest BCUT2D eigenvalue weighted by Gasteiger charge is -2.18. The Morgan fingerprint density at radius 3 is 2.12 bits per heavy atom. The third kappa shape index (κ3) is 3.90. The minimum absolute atomic E-state index is 0.0266. The van der Waals surface area contributed by atoms with E-state index in [0.717, 1.165) is 16.8 Å². The van der Waals surface area contributed by atoms with Crippen molar-refractivity contribution < 1.29 is 14.7 Å². The molecule has 0 heterocycles. The molecule has 0 saturated heterocycles. The second-order valence-electron chi connectivity index (χ2n) is 4.19. The molecule has 0 aliphatic heterocycles. The van der Waals surface area contributed by atoms with Crippen LogP contribution in [0.1, 0.15) is 24.0 Å². The van der Waals surface area contributed by atoms with Gasteiger partial charge in [-0.1, -0.05) is 6.07 Å². The highest BCUT2D eigenvalue weighted by Crippen LogP contribution is 2.18. The standard InChI is InChI=1S/C13H17NO3/c1-9-6-10(2)8-11(7-9)14(3)12(15)4-5-13(16)17/h6-8H,4-5H2,1-3H3,(H,16,17). The number of carboxylic acids is 1. The van der Waals surface area contributed by atoms with Crippen LogP contribution in [-0.4, -0.2) is 24.0 Å². The van der Waals surface area contributed by atoms with Crippen molar-refractivity contribution in [1.29, 1.82) is 0 Å². The molecule has 0 fully saturated rings. The smallest absolute Gasteiger partial charge is 0.303 e. The molecule has 0 aliphatic carbocycles. The first-order chi connectivity index (χ1) is 7.90. The number of carbonyl (C=O) groups excluding carboxylic acids is 1. The van der Waals surface area contributed by atoms with Crippen LogP contribution < -0.4 is 4.90 Å². The number of hydrogen-bond acceptors (Lipinski definition) is 2. The number of rotatable bonds is 4. The summed E-state index contributed by atoms with van der Waals surface area (Å²) in [7, 11) is 1.67. The van der Waals surface area contributed by atoms with Gasteiger partial charge in [-0.15, -0.1) is 0 Å². The van der Waals surface area contributed by atoms with Crippen LogP contribution in [0.25, 0.3) is 0 Å². The first-order valence-electron chi connectivity index (χ1n) is 5.47. The van der Waals surface area contributed by atoms with Gasteiger partial charge in [0.15, 0.2) is 0 Å². The van der Waals surface area contributed by atoms with Crippen LogP contribution >= 0.6 is 0 Å². The zero-order valence-corrected chi connectivity index (χ0v) is 10.4. The van der Waals surface area contributed by atoms with Gasteiger partial charge in [0, 0.05) is 19.2 Å². The highest BCUT2D eigenvalue weighted by atomic mass is 16.4. The third-order valence-corrected chi connectivity index (χ3v) is 2.52. The van der Waals surface area contributed by atoms with Gasteiger partial charge in [0.2, 0.25) is 5.91 Å². The average Bonchev–Trinajstić information content (AvgIpc) is 2.23. The van der Waals surface area contributed by atoms with E-state index in [1.165, 1.54) is 4.90 Å². The monoisotopic (exact) mass is 235 g/mol. The Morgan fingerprint density at radius 1 is 1.12 bits per heavy atom. The summed E-state index contributed by atoms with van der Waals surface area (Å²) in [5.74, 6) is -1.13. The van der Waals surface area contributed by atoms with Gasteiger partial charge >= 0.3 is 5.97 Å². The van der Waals surface area contributed by atoms with Gasteiger partial charge in [-0.3, -0.25) is 9.59 Å². The fourth-order valence-corrected chi connectivity index (χ4v) is 1.67. The molecule has 1 aromatic rings. The lowest BCUT2D eigenvalue weighted by atomic mass is 10.1. The molecule has 0 unspecified atom stereocenters. The van der Waals surface area contributed by atoms with Gasteiger partial charge in [0.05, 0.1) is 6.42 Å². The molecular weight excluding hydrogens is 218 g/mol. The zero-order chi connectivity index (χ0) is 13.0. The van der Waals surface area contributed by atoms with E-state index < -0.39 is 5.97 Å². The summed E-state index contributed by atoms with van der Waals surface area (Å²) in [4.78, 5) is 23.6. The van der Waals surface area contributed by atoms with Crippen LogP contribution in [0.15, 0.2) is 18.2 Å². The molecule has 4 heteroatoms. The highest BCUT2D eigenvalue weighted by Gasteiger charge is 2.12. The summed E-state index contributed by atoms with van der Waals surface area (Å²) in [5, 5.41) is 8.53. The van der Waals surface area contributed by atoms with Gasteiger partial charge in [0.25, 0.3) is 0 Å². The van der Waals surface area contributed by atoms with Crippen LogP contribution in [0.5, 0.6) is 0 Å². The molecule has 0 atom stereocenters. The Labute approximate surface area is 101 Å². The van der Waals surface area contributed by atoms with Crippen molar-refractivity contribution in [2.45, 2.75) is 26.7 Å². The van der Waals surface area contributed by atoms with Crippen LogP contribution in [0.2, 0.25) is 0 Å². The van der Waals surface area contributed by atoms with Gasteiger partial charge in [0.1, 0.15) is 0 Å². The quantitative estimate of drug-likeness (QED) is 0.869. The molecule has 0 saturated carbocycles. The van der Waals surface area contributed by atoms with Crippen LogP contribution in [0.3, 0.4) is 0 Å². The van der Waals surface area contributed by atoms with Gasteiger partial charge in [-0.05, 0) is 37.1 Å². The zero-order valence-electron chi connectivity index (χ0n) is 10.4. The predicted molar refractivity (Wildman–Crippen MR) is 66.2 cm³/mol. The summed E-state index contributed by atoms with van der Waals surface area (Å²) in [6, 6.07) is 5.84. The lowest BCUT2D eigenvalue weighted by Crippen LogP contribution is -2.26. The summed E-state index contributed by atoms with van der Waals surface area (Å²) in [6.45, 7) is 3.93.